The van der Waals surface area contributed by atoms with Gasteiger partial charge in [-0.25, -0.2) is 14.9 Å². The maximum absolute atomic E-state index is 12.3. The van der Waals surface area contributed by atoms with Crippen LogP contribution in [-0.4, -0.2) is 33.2 Å². The SMILES string of the molecule is CN(Cc1nccs1)C(=O)Nc1cccc(-c2ccc(=O)[nH]n2)c1. The maximum Gasteiger partial charge on any atom is 0.321 e. The van der Waals surface area contributed by atoms with Crippen molar-refractivity contribution in [1.82, 2.24) is 20.1 Å². The number of hydrogen-bond donors (Lipinski definition) is 2. The third kappa shape index (κ3) is 3.85. The van der Waals surface area contributed by atoms with E-state index in [9.17, 15) is 9.59 Å². The normalized spacial score (nSPS) is 10.4. The Morgan fingerprint density at radius 1 is 1.33 bits per heavy atom. The Morgan fingerprint density at radius 3 is 2.92 bits per heavy atom. The van der Waals surface area contributed by atoms with Crippen LogP contribution in [0.5, 0.6) is 0 Å². The molecule has 0 spiro atoms. The first-order valence-corrected chi connectivity index (χ1v) is 8.06. The van der Waals surface area contributed by atoms with Crippen LogP contribution in [0.15, 0.2) is 52.8 Å². The quantitative estimate of drug-likeness (QED) is 0.763. The summed E-state index contributed by atoms with van der Waals surface area (Å²) in [6.07, 6.45) is 1.71. The Morgan fingerprint density at radius 2 is 2.21 bits per heavy atom. The van der Waals surface area contributed by atoms with Gasteiger partial charge >= 0.3 is 6.03 Å². The zero-order valence-electron chi connectivity index (χ0n) is 12.9. The van der Waals surface area contributed by atoms with Crippen molar-refractivity contribution in [2.45, 2.75) is 6.54 Å². The molecule has 24 heavy (non-hydrogen) atoms. The van der Waals surface area contributed by atoms with Crippen molar-refractivity contribution in [3.8, 4) is 11.3 Å². The highest BCUT2D eigenvalue weighted by Crippen LogP contribution is 2.20. The van der Waals surface area contributed by atoms with E-state index in [1.165, 1.54) is 17.4 Å². The Bertz CT molecular complexity index is 871. The highest BCUT2D eigenvalue weighted by Gasteiger charge is 2.11. The van der Waals surface area contributed by atoms with E-state index in [1.807, 2.05) is 17.5 Å². The van der Waals surface area contributed by atoms with Crippen molar-refractivity contribution in [2.75, 3.05) is 12.4 Å². The molecular weight excluding hydrogens is 326 g/mol. The summed E-state index contributed by atoms with van der Waals surface area (Å²) in [5.41, 5.74) is 1.82. The molecule has 2 aromatic heterocycles. The van der Waals surface area contributed by atoms with Crippen LogP contribution < -0.4 is 10.9 Å². The van der Waals surface area contributed by atoms with Crippen LogP contribution >= 0.6 is 11.3 Å². The Balaban J connectivity index is 1.71. The summed E-state index contributed by atoms with van der Waals surface area (Å²) in [4.78, 5) is 29.1. The number of hydrogen-bond acceptors (Lipinski definition) is 5. The fourth-order valence-corrected chi connectivity index (χ4v) is 2.75. The zero-order valence-corrected chi connectivity index (χ0v) is 13.7. The van der Waals surface area contributed by atoms with E-state index in [2.05, 4.69) is 20.5 Å². The van der Waals surface area contributed by atoms with Crippen LogP contribution in [0.25, 0.3) is 11.3 Å². The second-order valence-electron chi connectivity index (χ2n) is 5.10. The monoisotopic (exact) mass is 341 g/mol. The zero-order chi connectivity index (χ0) is 16.9. The molecule has 0 saturated carbocycles. The summed E-state index contributed by atoms with van der Waals surface area (Å²) >= 11 is 1.51. The number of carbonyl (C=O) groups excluding carboxylic acids is 1. The van der Waals surface area contributed by atoms with Crippen molar-refractivity contribution in [3.63, 3.8) is 0 Å². The fourth-order valence-electron chi connectivity index (χ4n) is 2.09. The third-order valence-electron chi connectivity index (χ3n) is 3.29. The number of rotatable bonds is 4. The molecule has 0 unspecified atom stereocenters. The van der Waals surface area contributed by atoms with Gasteiger partial charge in [-0.1, -0.05) is 12.1 Å². The largest absolute Gasteiger partial charge is 0.321 e. The predicted octanol–water partition coefficient (Wildman–Crippen LogP) is 2.56. The molecule has 3 rings (SSSR count). The molecule has 0 fully saturated rings. The van der Waals surface area contributed by atoms with E-state index in [0.717, 1.165) is 10.6 Å². The molecule has 3 aromatic rings. The van der Waals surface area contributed by atoms with E-state index < -0.39 is 0 Å². The van der Waals surface area contributed by atoms with Crippen LogP contribution in [0.3, 0.4) is 0 Å². The number of anilines is 1. The van der Waals surface area contributed by atoms with Gasteiger partial charge in [-0.2, -0.15) is 5.10 Å². The molecule has 2 N–H and O–H groups in total. The van der Waals surface area contributed by atoms with Gasteiger partial charge in [0.1, 0.15) is 5.01 Å². The molecule has 0 radical (unpaired) electrons. The van der Waals surface area contributed by atoms with Gasteiger partial charge in [0.15, 0.2) is 0 Å². The van der Waals surface area contributed by atoms with Crippen LogP contribution in [-0.2, 0) is 6.54 Å². The van der Waals surface area contributed by atoms with Crippen LogP contribution in [0, 0.1) is 0 Å². The second kappa shape index (κ2) is 7.05. The number of thiazole rings is 1. The van der Waals surface area contributed by atoms with Crippen LogP contribution in [0.1, 0.15) is 5.01 Å². The minimum atomic E-state index is -0.257. The maximum atomic E-state index is 12.3. The Labute approximate surface area is 142 Å². The summed E-state index contributed by atoms with van der Waals surface area (Å²) in [5.74, 6) is 0. The second-order valence-corrected chi connectivity index (χ2v) is 6.08. The van der Waals surface area contributed by atoms with Gasteiger partial charge in [-0.15, -0.1) is 11.3 Å². The number of aromatic nitrogens is 3. The molecule has 122 valence electrons. The van der Waals surface area contributed by atoms with Gasteiger partial charge in [0.05, 0.1) is 12.2 Å². The average molecular weight is 341 g/mol. The number of H-pyrrole nitrogens is 1. The lowest BCUT2D eigenvalue weighted by Gasteiger charge is -2.17. The molecule has 1 aromatic carbocycles. The molecule has 2 heterocycles. The first-order chi connectivity index (χ1) is 11.6. The Hall–Kier alpha value is -3.00. The molecule has 0 aliphatic carbocycles. The lowest BCUT2D eigenvalue weighted by Crippen LogP contribution is -2.30. The molecule has 0 atom stereocenters. The first-order valence-electron chi connectivity index (χ1n) is 7.18. The van der Waals surface area contributed by atoms with Crippen molar-refractivity contribution >= 4 is 23.1 Å². The summed E-state index contributed by atoms with van der Waals surface area (Å²) in [6, 6.07) is 10.1. The molecule has 0 saturated heterocycles. The summed E-state index contributed by atoms with van der Waals surface area (Å²) in [6.45, 7) is 0.449. The number of carbonyl (C=O) groups is 1. The van der Waals surface area contributed by atoms with E-state index in [4.69, 9.17) is 0 Å². The van der Waals surface area contributed by atoms with E-state index >= 15 is 0 Å². The smallest absolute Gasteiger partial charge is 0.321 e. The minimum absolute atomic E-state index is 0.225. The highest BCUT2D eigenvalue weighted by molar-refractivity contribution is 7.09. The van der Waals surface area contributed by atoms with Gasteiger partial charge in [0.25, 0.3) is 5.56 Å². The molecule has 8 heteroatoms. The van der Waals surface area contributed by atoms with Gasteiger partial charge < -0.3 is 10.2 Å². The number of aromatic amines is 1. The van der Waals surface area contributed by atoms with Crippen molar-refractivity contribution in [3.05, 3.63) is 63.3 Å². The minimum Gasteiger partial charge on any atom is -0.321 e. The molecule has 2 amide bonds. The van der Waals surface area contributed by atoms with Crippen molar-refractivity contribution in [2.24, 2.45) is 0 Å². The van der Waals surface area contributed by atoms with Crippen LogP contribution in [0.4, 0.5) is 10.5 Å². The average Bonchev–Trinajstić information content (AvgIpc) is 3.08. The fraction of sp³-hybridized carbons (Fsp3) is 0.125. The summed E-state index contributed by atoms with van der Waals surface area (Å²) < 4.78 is 0. The van der Waals surface area contributed by atoms with E-state index in [-0.39, 0.29) is 11.6 Å². The van der Waals surface area contributed by atoms with E-state index in [0.29, 0.717) is 17.9 Å². The third-order valence-corrected chi connectivity index (χ3v) is 4.06. The molecule has 0 aliphatic rings. The van der Waals surface area contributed by atoms with E-state index in [1.54, 1.807) is 36.3 Å². The molecule has 7 nitrogen and oxygen atoms in total. The molecule has 0 aliphatic heterocycles. The summed E-state index contributed by atoms with van der Waals surface area (Å²) in [7, 11) is 1.71. The lowest BCUT2D eigenvalue weighted by molar-refractivity contribution is 0.220. The van der Waals surface area contributed by atoms with Crippen LogP contribution in [0.2, 0.25) is 0 Å². The highest BCUT2D eigenvalue weighted by atomic mass is 32.1. The Kier molecular flexibility index (Phi) is 4.66. The first kappa shape index (κ1) is 15.9. The number of benzene rings is 1. The standard InChI is InChI=1S/C16H15N5O2S/c1-21(10-15-17-7-8-24-15)16(23)18-12-4-2-3-11(9-12)13-5-6-14(22)20-19-13/h2-9H,10H2,1H3,(H,18,23)(H,20,22). The topological polar surface area (TPSA) is 91.0 Å². The lowest BCUT2D eigenvalue weighted by atomic mass is 10.1. The van der Waals surface area contributed by atoms with Crippen molar-refractivity contribution in [1.29, 1.82) is 0 Å². The van der Waals surface area contributed by atoms with Gasteiger partial charge in [0, 0.05) is 35.9 Å². The number of nitrogens with one attached hydrogen (secondary N) is 2. The molecule has 0 bridgehead atoms. The number of urea groups is 1. The summed E-state index contributed by atoms with van der Waals surface area (Å²) in [5, 5.41) is 12.0. The number of nitrogens with zero attached hydrogens (tertiary/aromatic N) is 3. The predicted molar refractivity (Wildman–Crippen MR) is 92.9 cm³/mol. The van der Waals surface area contributed by atoms with Gasteiger partial charge in [-0.3, -0.25) is 4.79 Å². The molecular formula is C16H15N5O2S. The van der Waals surface area contributed by atoms with Gasteiger partial charge in [0.2, 0.25) is 0 Å². The van der Waals surface area contributed by atoms with Gasteiger partial charge in [-0.05, 0) is 18.2 Å². The number of amides is 2. The van der Waals surface area contributed by atoms with Crippen molar-refractivity contribution < 1.29 is 4.79 Å².